The van der Waals surface area contributed by atoms with Crippen LogP contribution in [0.25, 0.3) is 0 Å². The molecular weight excluding hydrogens is 268 g/mol. The molecule has 0 radical (unpaired) electrons. The average molecular weight is 284 g/mol. The van der Waals surface area contributed by atoms with Gasteiger partial charge in [-0.2, -0.15) is 0 Å². The van der Waals surface area contributed by atoms with E-state index < -0.39 is 5.97 Å². The van der Waals surface area contributed by atoms with Crippen LogP contribution >= 0.6 is 0 Å². The number of hydrogen-bond acceptors (Lipinski definition) is 3. The Morgan fingerprint density at radius 1 is 1.19 bits per heavy atom. The van der Waals surface area contributed by atoms with Crippen molar-refractivity contribution in [1.29, 1.82) is 0 Å². The zero-order valence-corrected chi connectivity index (χ0v) is 11.7. The van der Waals surface area contributed by atoms with Crippen molar-refractivity contribution in [1.82, 2.24) is 9.88 Å². The highest BCUT2D eigenvalue weighted by Crippen LogP contribution is 2.11. The number of aromatic carboxylic acids is 1. The summed E-state index contributed by atoms with van der Waals surface area (Å²) in [6.45, 7) is 0.442. The zero-order chi connectivity index (χ0) is 15.2. The van der Waals surface area contributed by atoms with E-state index in [0.717, 1.165) is 5.56 Å². The minimum atomic E-state index is -0.952. The second-order valence-electron chi connectivity index (χ2n) is 4.68. The molecule has 0 aliphatic heterocycles. The van der Waals surface area contributed by atoms with Crippen LogP contribution in [-0.2, 0) is 6.42 Å². The number of pyridine rings is 1. The average Bonchev–Trinajstić information content (AvgIpc) is 2.52. The molecule has 1 amide bonds. The maximum absolute atomic E-state index is 12.2. The van der Waals surface area contributed by atoms with Crippen LogP contribution in [0, 0.1) is 0 Å². The first-order valence-corrected chi connectivity index (χ1v) is 6.56. The van der Waals surface area contributed by atoms with Gasteiger partial charge < -0.3 is 10.0 Å². The molecule has 5 nitrogen and oxygen atoms in total. The summed E-state index contributed by atoms with van der Waals surface area (Å²) in [6.07, 6.45) is 3.62. The van der Waals surface area contributed by atoms with Crippen molar-refractivity contribution < 1.29 is 14.7 Å². The van der Waals surface area contributed by atoms with E-state index in [1.165, 1.54) is 6.20 Å². The topological polar surface area (TPSA) is 70.5 Å². The smallest absolute Gasteiger partial charge is 0.335 e. The first kappa shape index (κ1) is 14.7. The standard InChI is InChI=1S/C16H16N2O3/c1-18(15(19)13-6-4-9-17-11-13)10-8-12-5-2-3-7-14(12)16(20)21/h2-7,9,11H,8,10H2,1H3,(H,20,21). The summed E-state index contributed by atoms with van der Waals surface area (Å²) in [5.74, 6) is -1.08. The van der Waals surface area contributed by atoms with Gasteiger partial charge >= 0.3 is 5.97 Å². The lowest BCUT2D eigenvalue weighted by atomic mass is 10.0. The van der Waals surface area contributed by atoms with E-state index >= 15 is 0 Å². The first-order valence-electron chi connectivity index (χ1n) is 6.56. The number of nitrogens with zero attached hydrogens (tertiary/aromatic N) is 2. The number of likely N-dealkylation sites (N-methyl/N-ethyl adjacent to an activating group) is 1. The van der Waals surface area contributed by atoms with Gasteiger partial charge in [0.25, 0.3) is 5.91 Å². The zero-order valence-electron chi connectivity index (χ0n) is 11.7. The third-order valence-corrected chi connectivity index (χ3v) is 3.22. The van der Waals surface area contributed by atoms with Crippen molar-refractivity contribution in [3.63, 3.8) is 0 Å². The van der Waals surface area contributed by atoms with Gasteiger partial charge in [-0.25, -0.2) is 4.79 Å². The molecule has 1 heterocycles. The molecule has 108 valence electrons. The number of carbonyl (C=O) groups excluding carboxylic acids is 1. The van der Waals surface area contributed by atoms with Crippen molar-refractivity contribution in [3.05, 3.63) is 65.5 Å². The van der Waals surface area contributed by atoms with E-state index in [9.17, 15) is 9.59 Å². The molecule has 0 unspecified atom stereocenters. The number of aromatic nitrogens is 1. The van der Waals surface area contributed by atoms with Crippen molar-refractivity contribution in [2.75, 3.05) is 13.6 Å². The predicted octanol–water partition coefficient (Wildman–Crippen LogP) is 2.09. The molecule has 0 saturated heterocycles. The third kappa shape index (κ3) is 3.66. The van der Waals surface area contributed by atoms with Crippen LogP contribution in [0.2, 0.25) is 0 Å². The second-order valence-corrected chi connectivity index (χ2v) is 4.68. The van der Waals surface area contributed by atoms with Crippen LogP contribution in [0.15, 0.2) is 48.8 Å². The highest BCUT2D eigenvalue weighted by atomic mass is 16.4. The Morgan fingerprint density at radius 2 is 1.95 bits per heavy atom. The van der Waals surface area contributed by atoms with Gasteiger partial charge in [-0.3, -0.25) is 9.78 Å². The normalized spacial score (nSPS) is 10.1. The largest absolute Gasteiger partial charge is 0.478 e. The van der Waals surface area contributed by atoms with Gasteiger partial charge in [0.05, 0.1) is 11.1 Å². The lowest BCUT2D eigenvalue weighted by Crippen LogP contribution is -2.29. The number of amides is 1. The number of carboxylic acids is 1. The Bertz CT molecular complexity index is 641. The van der Waals surface area contributed by atoms with Crippen molar-refractivity contribution in [2.45, 2.75) is 6.42 Å². The van der Waals surface area contributed by atoms with Crippen LogP contribution in [0.3, 0.4) is 0 Å². The van der Waals surface area contributed by atoms with Crippen LogP contribution in [0.4, 0.5) is 0 Å². The summed E-state index contributed by atoms with van der Waals surface area (Å²) in [5, 5.41) is 9.13. The third-order valence-electron chi connectivity index (χ3n) is 3.22. The van der Waals surface area contributed by atoms with Crippen LogP contribution < -0.4 is 0 Å². The Hall–Kier alpha value is -2.69. The minimum absolute atomic E-state index is 0.129. The highest BCUT2D eigenvalue weighted by molar-refractivity contribution is 5.93. The lowest BCUT2D eigenvalue weighted by Gasteiger charge is -2.17. The van der Waals surface area contributed by atoms with E-state index in [1.54, 1.807) is 54.5 Å². The number of benzene rings is 1. The highest BCUT2D eigenvalue weighted by Gasteiger charge is 2.13. The molecule has 0 fully saturated rings. The monoisotopic (exact) mass is 284 g/mol. The molecule has 21 heavy (non-hydrogen) atoms. The summed E-state index contributed by atoms with van der Waals surface area (Å²) in [6, 6.07) is 10.2. The molecule has 2 rings (SSSR count). The minimum Gasteiger partial charge on any atom is -0.478 e. The number of carbonyl (C=O) groups is 2. The van der Waals surface area contributed by atoms with Gasteiger partial charge in [-0.05, 0) is 30.2 Å². The van der Waals surface area contributed by atoms with E-state index in [-0.39, 0.29) is 11.5 Å². The summed E-state index contributed by atoms with van der Waals surface area (Å²) < 4.78 is 0. The van der Waals surface area contributed by atoms with Crippen molar-refractivity contribution >= 4 is 11.9 Å². The van der Waals surface area contributed by atoms with Gasteiger partial charge in [0.15, 0.2) is 0 Å². The molecule has 1 aromatic carbocycles. The molecule has 1 aromatic heterocycles. The van der Waals surface area contributed by atoms with Gasteiger partial charge in [0.2, 0.25) is 0 Å². The molecule has 5 heteroatoms. The molecule has 0 bridgehead atoms. The SMILES string of the molecule is CN(CCc1ccccc1C(=O)O)C(=O)c1cccnc1. The molecule has 0 aliphatic carbocycles. The van der Waals surface area contributed by atoms with Crippen molar-refractivity contribution in [3.8, 4) is 0 Å². The molecule has 2 aromatic rings. The Balaban J connectivity index is 2.03. The Kier molecular flexibility index (Phi) is 4.66. The van der Waals surface area contributed by atoms with Crippen LogP contribution in [-0.4, -0.2) is 40.5 Å². The second kappa shape index (κ2) is 6.65. The summed E-state index contributed by atoms with van der Waals surface area (Å²) in [7, 11) is 1.69. The summed E-state index contributed by atoms with van der Waals surface area (Å²) in [5.41, 5.74) is 1.52. The molecule has 0 spiro atoms. The molecular formula is C16H16N2O3. The van der Waals surface area contributed by atoms with Gasteiger partial charge in [-0.1, -0.05) is 18.2 Å². The number of rotatable bonds is 5. The molecule has 0 saturated carbocycles. The van der Waals surface area contributed by atoms with Crippen molar-refractivity contribution in [2.24, 2.45) is 0 Å². The lowest BCUT2D eigenvalue weighted by molar-refractivity contribution is 0.0695. The fourth-order valence-electron chi connectivity index (χ4n) is 2.05. The molecule has 1 N–H and O–H groups in total. The number of carboxylic acid groups (broad SMARTS) is 1. The molecule has 0 atom stereocenters. The Labute approximate surface area is 122 Å². The van der Waals surface area contributed by atoms with E-state index in [0.29, 0.717) is 18.5 Å². The summed E-state index contributed by atoms with van der Waals surface area (Å²) in [4.78, 5) is 28.8. The fourth-order valence-corrected chi connectivity index (χ4v) is 2.05. The first-order chi connectivity index (χ1) is 10.1. The van der Waals surface area contributed by atoms with Gasteiger partial charge in [0, 0.05) is 26.0 Å². The van der Waals surface area contributed by atoms with Crippen LogP contribution in [0.1, 0.15) is 26.3 Å². The van der Waals surface area contributed by atoms with E-state index in [4.69, 9.17) is 5.11 Å². The maximum atomic E-state index is 12.2. The van der Waals surface area contributed by atoms with E-state index in [1.807, 2.05) is 0 Å². The maximum Gasteiger partial charge on any atom is 0.335 e. The van der Waals surface area contributed by atoms with Gasteiger partial charge in [-0.15, -0.1) is 0 Å². The quantitative estimate of drug-likeness (QED) is 0.912. The Morgan fingerprint density at radius 3 is 2.62 bits per heavy atom. The van der Waals surface area contributed by atoms with Crippen LogP contribution in [0.5, 0.6) is 0 Å². The summed E-state index contributed by atoms with van der Waals surface area (Å²) >= 11 is 0. The van der Waals surface area contributed by atoms with Gasteiger partial charge in [0.1, 0.15) is 0 Å². The predicted molar refractivity (Wildman–Crippen MR) is 78.3 cm³/mol. The fraction of sp³-hybridized carbons (Fsp3) is 0.188. The van der Waals surface area contributed by atoms with E-state index in [2.05, 4.69) is 4.98 Å². The number of hydrogen-bond donors (Lipinski definition) is 1. The molecule has 0 aliphatic rings.